The Morgan fingerprint density at radius 1 is 1.28 bits per heavy atom. The molecule has 1 aliphatic heterocycles. The maximum absolute atomic E-state index is 12.6. The van der Waals surface area contributed by atoms with Gasteiger partial charge in [0, 0.05) is 6.07 Å². The number of rotatable bonds is 5. The summed E-state index contributed by atoms with van der Waals surface area (Å²) in [5.74, 6) is 1.37. The van der Waals surface area contributed by atoms with Crippen LogP contribution in [-0.2, 0) is 11.3 Å². The highest BCUT2D eigenvalue weighted by molar-refractivity contribution is 5.82. The van der Waals surface area contributed by atoms with Gasteiger partial charge in [0.05, 0.1) is 43.9 Å². The van der Waals surface area contributed by atoms with Crippen LogP contribution in [0.25, 0.3) is 10.9 Å². The Hall–Kier alpha value is -3.75. The smallest absolute Gasteiger partial charge is 0.260 e. The number of carbonyl (C=O) groups is 1. The number of anilines is 1. The van der Waals surface area contributed by atoms with Crippen LogP contribution in [0.3, 0.4) is 0 Å². The van der Waals surface area contributed by atoms with Gasteiger partial charge in [0.1, 0.15) is 11.6 Å². The standard InChI is InChI=1S/C20H20N4O5/c1-27-15-7-11-12(8-16(15)28-2)22-18(23-20(11)26)10-24-9-17(19(21)25)29-14-6-4-3-5-13(14)24/h3-8,17H,9-10H2,1-2H3,(H2,21,25)(H,22,23,26)/t17-/m0/s1. The summed E-state index contributed by atoms with van der Waals surface area (Å²) in [5.41, 5.74) is 6.43. The average molecular weight is 396 g/mol. The van der Waals surface area contributed by atoms with E-state index in [1.165, 1.54) is 14.2 Å². The summed E-state index contributed by atoms with van der Waals surface area (Å²) in [6.07, 6.45) is -0.790. The summed E-state index contributed by atoms with van der Waals surface area (Å²) in [6, 6.07) is 10.6. The number of carbonyl (C=O) groups excluding carboxylic acids is 1. The van der Waals surface area contributed by atoms with E-state index in [0.717, 1.165) is 5.69 Å². The molecule has 0 spiro atoms. The molecule has 2 heterocycles. The highest BCUT2D eigenvalue weighted by Crippen LogP contribution is 2.34. The monoisotopic (exact) mass is 396 g/mol. The molecule has 0 saturated carbocycles. The Bertz CT molecular complexity index is 1140. The quantitative estimate of drug-likeness (QED) is 0.665. The zero-order chi connectivity index (χ0) is 20.5. The third-order valence-electron chi connectivity index (χ3n) is 4.78. The second-order valence-corrected chi connectivity index (χ2v) is 6.59. The molecular formula is C20H20N4O5. The third kappa shape index (κ3) is 3.42. The maximum Gasteiger partial charge on any atom is 0.260 e. The van der Waals surface area contributed by atoms with Gasteiger partial charge in [-0.05, 0) is 18.2 Å². The van der Waals surface area contributed by atoms with E-state index in [9.17, 15) is 9.59 Å². The number of fused-ring (bicyclic) bond motifs is 2. The van der Waals surface area contributed by atoms with Gasteiger partial charge in [0.15, 0.2) is 17.6 Å². The van der Waals surface area contributed by atoms with Crippen molar-refractivity contribution >= 4 is 22.5 Å². The minimum atomic E-state index is -0.790. The molecule has 29 heavy (non-hydrogen) atoms. The van der Waals surface area contributed by atoms with E-state index in [4.69, 9.17) is 19.9 Å². The largest absolute Gasteiger partial charge is 0.493 e. The molecule has 0 unspecified atom stereocenters. The fourth-order valence-electron chi connectivity index (χ4n) is 3.37. The molecule has 3 aromatic rings. The van der Waals surface area contributed by atoms with E-state index >= 15 is 0 Å². The van der Waals surface area contributed by atoms with Gasteiger partial charge in [-0.1, -0.05) is 12.1 Å². The average Bonchev–Trinajstić information content (AvgIpc) is 2.72. The number of nitrogens with two attached hydrogens (primary N) is 1. The van der Waals surface area contributed by atoms with Crippen molar-refractivity contribution in [3.8, 4) is 17.2 Å². The number of nitrogens with zero attached hydrogens (tertiary/aromatic N) is 2. The van der Waals surface area contributed by atoms with Crippen LogP contribution in [0.15, 0.2) is 41.2 Å². The molecule has 0 fully saturated rings. The molecule has 150 valence electrons. The molecule has 1 amide bonds. The van der Waals surface area contributed by atoms with Crippen molar-refractivity contribution in [1.82, 2.24) is 9.97 Å². The SMILES string of the molecule is COc1cc2nc(CN3C[C@@H](C(N)=O)Oc4ccccc43)[nH]c(=O)c2cc1OC. The van der Waals surface area contributed by atoms with Gasteiger partial charge in [-0.2, -0.15) is 0 Å². The van der Waals surface area contributed by atoms with E-state index in [-0.39, 0.29) is 18.6 Å². The zero-order valence-electron chi connectivity index (χ0n) is 16.0. The Morgan fingerprint density at radius 2 is 2.00 bits per heavy atom. The van der Waals surface area contributed by atoms with Crippen molar-refractivity contribution < 1.29 is 19.0 Å². The number of aromatic amines is 1. The highest BCUT2D eigenvalue weighted by atomic mass is 16.5. The van der Waals surface area contributed by atoms with Crippen molar-refractivity contribution in [2.75, 3.05) is 25.7 Å². The first-order valence-corrected chi connectivity index (χ1v) is 8.95. The highest BCUT2D eigenvalue weighted by Gasteiger charge is 2.29. The summed E-state index contributed by atoms with van der Waals surface area (Å²) in [7, 11) is 3.02. The van der Waals surface area contributed by atoms with Crippen LogP contribution in [-0.4, -0.2) is 42.7 Å². The molecule has 0 radical (unpaired) electrons. The lowest BCUT2D eigenvalue weighted by Gasteiger charge is -2.34. The first kappa shape index (κ1) is 18.6. The number of methoxy groups -OCH3 is 2. The first-order valence-electron chi connectivity index (χ1n) is 8.95. The Morgan fingerprint density at radius 3 is 2.72 bits per heavy atom. The Labute approximate surface area is 166 Å². The fourth-order valence-corrected chi connectivity index (χ4v) is 3.37. The molecule has 1 atom stereocenters. The van der Waals surface area contributed by atoms with Crippen LogP contribution >= 0.6 is 0 Å². The predicted octanol–water partition coefficient (Wildman–Crippen LogP) is 1.19. The van der Waals surface area contributed by atoms with Crippen LogP contribution in [0.4, 0.5) is 5.69 Å². The first-order chi connectivity index (χ1) is 14.0. The topological polar surface area (TPSA) is 120 Å². The molecular weight excluding hydrogens is 376 g/mol. The molecule has 3 N–H and O–H groups in total. The van der Waals surface area contributed by atoms with E-state index in [1.807, 2.05) is 23.1 Å². The summed E-state index contributed by atoms with van der Waals surface area (Å²) in [4.78, 5) is 33.6. The van der Waals surface area contributed by atoms with E-state index in [0.29, 0.717) is 34.0 Å². The van der Waals surface area contributed by atoms with Crippen molar-refractivity contribution in [3.63, 3.8) is 0 Å². The molecule has 4 rings (SSSR count). The Balaban J connectivity index is 1.74. The van der Waals surface area contributed by atoms with Crippen LogP contribution in [0, 0.1) is 0 Å². The molecule has 0 aliphatic carbocycles. The van der Waals surface area contributed by atoms with E-state index in [1.54, 1.807) is 18.2 Å². The fraction of sp³-hybridized carbons (Fsp3) is 0.250. The van der Waals surface area contributed by atoms with Gasteiger partial charge in [0.2, 0.25) is 0 Å². The van der Waals surface area contributed by atoms with Crippen molar-refractivity contribution in [2.24, 2.45) is 5.73 Å². The molecule has 0 saturated heterocycles. The minimum absolute atomic E-state index is 0.250. The number of ether oxygens (including phenoxy) is 3. The van der Waals surface area contributed by atoms with Gasteiger partial charge >= 0.3 is 0 Å². The van der Waals surface area contributed by atoms with Crippen LogP contribution in [0.5, 0.6) is 17.2 Å². The molecule has 1 aromatic heterocycles. The van der Waals surface area contributed by atoms with Gasteiger partial charge < -0.3 is 29.8 Å². The van der Waals surface area contributed by atoms with Gasteiger partial charge in [-0.25, -0.2) is 4.98 Å². The summed E-state index contributed by atoms with van der Waals surface area (Å²) in [6.45, 7) is 0.518. The maximum atomic E-state index is 12.6. The van der Waals surface area contributed by atoms with Crippen molar-refractivity contribution in [2.45, 2.75) is 12.6 Å². The number of hydrogen-bond donors (Lipinski definition) is 2. The van der Waals surface area contributed by atoms with Gasteiger partial charge in [-0.15, -0.1) is 0 Å². The number of benzene rings is 2. The van der Waals surface area contributed by atoms with Gasteiger partial charge in [0.25, 0.3) is 11.5 Å². The summed E-state index contributed by atoms with van der Waals surface area (Å²) >= 11 is 0. The minimum Gasteiger partial charge on any atom is -0.493 e. The zero-order valence-corrected chi connectivity index (χ0v) is 16.0. The molecule has 9 heteroatoms. The molecule has 9 nitrogen and oxygen atoms in total. The number of nitrogens with one attached hydrogen (secondary N) is 1. The second-order valence-electron chi connectivity index (χ2n) is 6.59. The van der Waals surface area contributed by atoms with Crippen molar-refractivity contribution in [3.05, 3.63) is 52.6 Å². The molecule has 1 aliphatic rings. The number of H-pyrrole nitrogens is 1. The number of amides is 1. The number of aromatic nitrogens is 2. The van der Waals surface area contributed by atoms with E-state index < -0.39 is 12.0 Å². The summed E-state index contributed by atoms with van der Waals surface area (Å²) in [5, 5.41) is 0.392. The number of primary amides is 1. The number of hydrogen-bond acceptors (Lipinski definition) is 7. The lowest BCUT2D eigenvalue weighted by Crippen LogP contribution is -2.47. The van der Waals surface area contributed by atoms with Crippen molar-refractivity contribution in [1.29, 1.82) is 0 Å². The normalized spacial score (nSPS) is 15.5. The summed E-state index contributed by atoms with van der Waals surface area (Å²) < 4.78 is 16.2. The Kier molecular flexibility index (Phi) is 4.71. The molecule has 2 aromatic carbocycles. The second kappa shape index (κ2) is 7.34. The third-order valence-corrected chi connectivity index (χ3v) is 4.78. The van der Waals surface area contributed by atoms with E-state index in [2.05, 4.69) is 9.97 Å². The van der Waals surface area contributed by atoms with Crippen LogP contribution in [0.2, 0.25) is 0 Å². The number of para-hydroxylation sites is 2. The lowest BCUT2D eigenvalue weighted by molar-refractivity contribution is -0.124. The predicted molar refractivity (Wildman–Crippen MR) is 107 cm³/mol. The van der Waals surface area contributed by atoms with Crippen LogP contribution < -0.4 is 30.4 Å². The molecule has 0 bridgehead atoms. The lowest BCUT2D eigenvalue weighted by atomic mass is 10.1. The van der Waals surface area contributed by atoms with Crippen LogP contribution in [0.1, 0.15) is 5.82 Å². The van der Waals surface area contributed by atoms with Gasteiger partial charge in [-0.3, -0.25) is 9.59 Å².